The Bertz CT molecular complexity index is 1130. The van der Waals surface area contributed by atoms with E-state index in [1.54, 1.807) is 38.2 Å². The molecule has 8 heteroatoms. The second kappa shape index (κ2) is 6.31. The molecule has 0 saturated carbocycles. The van der Waals surface area contributed by atoms with E-state index in [4.69, 9.17) is 4.74 Å². The fraction of sp³-hybridized carbons (Fsp3) is 0.211. The second-order valence-electron chi connectivity index (χ2n) is 6.42. The van der Waals surface area contributed by atoms with E-state index in [1.807, 2.05) is 18.2 Å². The molecule has 3 aromatic rings. The van der Waals surface area contributed by atoms with Gasteiger partial charge in [-0.1, -0.05) is 12.1 Å². The average Bonchev–Trinajstić information content (AvgIpc) is 2.88. The molecule has 2 heterocycles. The molecule has 27 heavy (non-hydrogen) atoms. The van der Waals surface area contributed by atoms with Gasteiger partial charge in [-0.15, -0.1) is 0 Å². The summed E-state index contributed by atoms with van der Waals surface area (Å²) in [5.74, 6) is -0.0384. The minimum atomic E-state index is -0.559. The first-order valence-electron chi connectivity index (χ1n) is 8.50. The van der Waals surface area contributed by atoms with Crippen molar-refractivity contribution < 1.29 is 14.3 Å². The molecule has 1 aliphatic rings. The topological polar surface area (TPSA) is 94.4 Å². The summed E-state index contributed by atoms with van der Waals surface area (Å²) in [5.41, 5.74) is 2.20. The molecule has 0 bridgehead atoms. The zero-order valence-electron chi connectivity index (χ0n) is 14.9. The van der Waals surface area contributed by atoms with Crippen LogP contribution in [0, 0.1) is 0 Å². The Morgan fingerprint density at radius 2 is 1.93 bits per heavy atom. The molecule has 138 valence electrons. The normalized spacial score (nSPS) is 15.8. The van der Waals surface area contributed by atoms with E-state index in [9.17, 15) is 14.4 Å². The number of carbonyl (C=O) groups is 2. The first-order valence-corrected chi connectivity index (χ1v) is 8.50. The molecule has 1 atom stereocenters. The Hall–Kier alpha value is -3.55. The molecule has 2 N–H and O–H groups in total. The second-order valence-corrected chi connectivity index (χ2v) is 6.42. The van der Waals surface area contributed by atoms with Crippen LogP contribution in [0.3, 0.4) is 0 Å². The van der Waals surface area contributed by atoms with Gasteiger partial charge >= 0.3 is 5.69 Å². The summed E-state index contributed by atoms with van der Waals surface area (Å²) >= 11 is 0. The number of carbonyl (C=O) groups excluding carboxylic acids is 2. The van der Waals surface area contributed by atoms with Gasteiger partial charge in [-0.05, 0) is 37.3 Å². The number of para-hydroxylation sites is 2. The first-order chi connectivity index (χ1) is 12.9. The van der Waals surface area contributed by atoms with Crippen LogP contribution in [0.5, 0.6) is 5.75 Å². The summed E-state index contributed by atoms with van der Waals surface area (Å²) in [6.07, 6.45) is -0.559. The maximum atomic E-state index is 12.5. The van der Waals surface area contributed by atoms with Gasteiger partial charge in [0.05, 0.1) is 16.7 Å². The zero-order chi connectivity index (χ0) is 19.1. The molecule has 1 aromatic heterocycles. The molecule has 0 spiro atoms. The van der Waals surface area contributed by atoms with Gasteiger partial charge in [0.25, 0.3) is 5.91 Å². The number of anilines is 2. The molecular weight excluding hydrogens is 348 g/mol. The van der Waals surface area contributed by atoms with Gasteiger partial charge in [-0.2, -0.15) is 0 Å². The number of aryl methyl sites for hydroxylation is 1. The lowest BCUT2D eigenvalue weighted by Gasteiger charge is -2.23. The number of hydrogen-bond donors (Lipinski definition) is 2. The van der Waals surface area contributed by atoms with Crippen LogP contribution in [0.15, 0.2) is 47.3 Å². The quantitative estimate of drug-likeness (QED) is 0.738. The van der Waals surface area contributed by atoms with E-state index < -0.39 is 6.10 Å². The fourth-order valence-corrected chi connectivity index (χ4v) is 3.15. The van der Waals surface area contributed by atoms with E-state index in [2.05, 4.69) is 10.6 Å². The van der Waals surface area contributed by atoms with Crippen molar-refractivity contribution in [2.75, 3.05) is 10.6 Å². The van der Waals surface area contributed by atoms with Crippen LogP contribution in [0.1, 0.15) is 6.92 Å². The Labute approximate surface area is 154 Å². The van der Waals surface area contributed by atoms with Gasteiger partial charge < -0.3 is 15.4 Å². The highest BCUT2D eigenvalue weighted by molar-refractivity contribution is 5.99. The number of amides is 2. The summed E-state index contributed by atoms with van der Waals surface area (Å²) < 4.78 is 8.43. The van der Waals surface area contributed by atoms with Crippen LogP contribution in [0.2, 0.25) is 0 Å². The molecule has 0 radical (unpaired) electrons. The number of nitrogens with zero attached hydrogens (tertiary/aromatic N) is 2. The molecule has 0 fully saturated rings. The number of ether oxygens (including phenoxy) is 1. The SMILES string of the molecule is CC1Oc2ccc(NC(=O)Cn3c(=O)n(C)c4ccccc43)cc2NC1=O. The average molecular weight is 366 g/mol. The van der Waals surface area contributed by atoms with Crippen LogP contribution in [-0.4, -0.2) is 27.1 Å². The van der Waals surface area contributed by atoms with Crippen molar-refractivity contribution in [3.05, 3.63) is 52.9 Å². The maximum absolute atomic E-state index is 12.5. The lowest BCUT2D eigenvalue weighted by molar-refractivity contribution is -0.122. The van der Waals surface area contributed by atoms with Gasteiger partial charge in [0, 0.05) is 12.7 Å². The van der Waals surface area contributed by atoms with E-state index in [0.717, 1.165) is 5.52 Å². The predicted octanol–water partition coefficient (Wildman–Crippen LogP) is 1.70. The van der Waals surface area contributed by atoms with E-state index in [0.29, 0.717) is 22.6 Å². The van der Waals surface area contributed by atoms with Crippen molar-refractivity contribution in [1.82, 2.24) is 9.13 Å². The smallest absolute Gasteiger partial charge is 0.329 e. The molecule has 1 aliphatic heterocycles. The largest absolute Gasteiger partial charge is 0.479 e. The number of fused-ring (bicyclic) bond motifs is 2. The van der Waals surface area contributed by atoms with Crippen LogP contribution in [-0.2, 0) is 23.2 Å². The zero-order valence-corrected chi connectivity index (χ0v) is 14.9. The summed E-state index contributed by atoms with van der Waals surface area (Å²) in [7, 11) is 1.67. The van der Waals surface area contributed by atoms with Crippen molar-refractivity contribution in [2.45, 2.75) is 19.6 Å². The number of benzene rings is 2. The molecule has 2 aromatic carbocycles. The molecule has 0 saturated heterocycles. The standard InChI is InChI=1S/C19H18N4O4/c1-11-18(25)21-13-9-12(7-8-16(13)27-11)20-17(24)10-23-15-6-4-3-5-14(15)22(2)19(23)26/h3-9,11H,10H2,1-2H3,(H,20,24)(H,21,25). The molecule has 2 amide bonds. The Morgan fingerprint density at radius 1 is 1.19 bits per heavy atom. The third-order valence-corrected chi connectivity index (χ3v) is 4.55. The van der Waals surface area contributed by atoms with Gasteiger partial charge in [0.15, 0.2) is 6.10 Å². The minimum absolute atomic E-state index is 0.114. The fourth-order valence-electron chi connectivity index (χ4n) is 3.15. The number of hydrogen-bond acceptors (Lipinski definition) is 4. The molecule has 8 nitrogen and oxygen atoms in total. The number of rotatable bonds is 3. The van der Waals surface area contributed by atoms with Gasteiger partial charge in [0.1, 0.15) is 12.3 Å². The number of imidazole rings is 1. The maximum Gasteiger partial charge on any atom is 0.329 e. The van der Waals surface area contributed by atoms with Crippen molar-refractivity contribution in [3.8, 4) is 5.75 Å². The number of nitrogens with one attached hydrogen (secondary N) is 2. The first kappa shape index (κ1) is 16.9. The summed E-state index contributed by atoms with van der Waals surface area (Å²) in [6, 6.07) is 12.3. The summed E-state index contributed by atoms with van der Waals surface area (Å²) in [5, 5.41) is 5.49. The van der Waals surface area contributed by atoms with Gasteiger partial charge in [-0.25, -0.2) is 4.79 Å². The summed E-state index contributed by atoms with van der Waals surface area (Å²) in [4.78, 5) is 36.6. The van der Waals surface area contributed by atoms with Crippen LogP contribution in [0.25, 0.3) is 11.0 Å². The molecule has 1 unspecified atom stereocenters. The highest BCUT2D eigenvalue weighted by Crippen LogP contribution is 2.32. The third kappa shape index (κ3) is 2.95. The van der Waals surface area contributed by atoms with Crippen molar-refractivity contribution in [3.63, 3.8) is 0 Å². The predicted molar refractivity (Wildman–Crippen MR) is 101 cm³/mol. The third-order valence-electron chi connectivity index (χ3n) is 4.55. The van der Waals surface area contributed by atoms with E-state index in [1.165, 1.54) is 9.13 Å². The van der Waals surface area contributed by atoms with Crippen molar-refractivity contribution >= 4 is 34.2 Å². The lowest BCUT2D eigenvalue weighted by Crippen LogP contribution is -2.34. The van der Waals surface area contributed by atoms with Crippen LogP contribution < -0.4 is 21.1 Å². The summed E-state index contributed by atoms with van der Waals surface area (Å²) in [6.45, 7) is 1.55. The molecule has 0 aliphatic carbocycles. The van der Waals surface area contributed by atoms with Crippen LogP contribution in [0.4, 0.5) is 11.4 Å². The lowest BCUT2D eigenvalue weighted by atomic mass is 10.2. The minimum Gasteiger partial charge on any atom is -0.479 e. The van der Waals surface area contributed by atoms with Gasteiger partial charge in [0.2, 0.25) is 5.91 Å². The highest BCUT2D eigenvalue weighted by atomic mass is 16.5. The Kier molecular flexibility index (Phi) is 3.95. The van der Waals surface area contributed by atoms with E-state index >= 15 is 0 Å². The molecule has 4 rings (SSSR count). The monoisotopic (exact) mass is 366 g/mol. The van der Waals surface area contributed by atoms with E-state index in [-0.39, 0.29) is 24.0 Å². The van der Waals surface area contributed by atoms with Crippen molar-refractivity contribution in [1.29, 1.82) is 0 Å². The Balaban J connectivity index is 1.56. The van der Waals surface area contributed by atoms with Crippen LogP contribution >= 0.6 is 0 Å². The highest BCUT2D eigenvalue weighted by Gasteiger charge is 2.23. The number of aromatic nitrogens is 2. The van der Waals surface area contributed by atoms with Gasteiger partial charge in [-0.3, -0.25) is 18.7 Å². The van der Waals surface area contributed by atoms with Crippen molar-refractivity contribution in [2.24, 2.45) is 7.05 Å². The molecular formula is C19H18N4O4. The Morgan fingerprint density at radius 3 is 2.70 bits per heavy atom.